The highest BCUT2D eigenvalue weighted by atomic mass is 32.1. The van der Waals surface area contributed by atoms with Gasteiger partial charge < -0.3 is 5.32 Å². The third-order valence-corrected chi connectivity index (χ3v) is 2.74. The van der Waals surface area contributed by atoms with Crippen LogP contribution in [0.5, 0.6) is 0 Å². The molecule has 2 aromatic rings. The lowest BCUT2D eigenvalue weighted by molar-refractivity contribution is 1.36. The molecule has 2 rings (SSSR count). The molecule has 15 heavy (non-hydrogen) atoms. The summed E-state index contributed by atoms with van der Waals surface area (Å²) in [5, 5.41) is 12.8. The Kier molecular flexibility index (Phi) is 2.66. The van der Waals surface area contributed by atoms with Crippen molar-refractivity contribution in [3.63, 3.8) is 0 Å². The maximum absolute atomic E-state index is 8.89. The average Bonchev–Trinajstić information content (AvgIpc) is 2.65. The molecule has 0 saturated heterocycles. The number of hydrogen-bond donors (Lipinski definition) is 1. The molecule has 1 aromatic heterocycles. The van der Waals surface area contributed by atoms with Crippen molar-refractivity contribution in [2.75, 3.05) is 5.32 Å². The lowest BCUT2D eigenvalue weighted by Crippen LogP contribution is -1.91. The molecule has 0 aliphatic heterocycles. The molecule has 4 heteroatoms. The first-order chi connectivity index (χ1) is 7.29. The van der Waals surface area contributed by atoms with Crippen molar-refractivity contribution in [2.45, 2.75) is 6.92 Å². The van der Waals surface area contributed by atoms with Crippen molar-refractivity contribution in [1.82, 2.24) is 4.98 Å². The number of aryl methyl sites for hydroxylation is 1. The topological polar surface area (TPSA) is 48.7 Å². The molecule has 0 saturated carbocycles. The van der Waals surface area contributed by atoms with E-state index in [-0.39, 0.29) is 0 Å². The van der Waals surface area contributed by atoms with Crippen LogP contribution in [-0.4, -0.2) is 4.98 Å². The molecule has 74 valence electrons. The van der Waals surface area contributed by atoms with Crippen LogP contribution >= 0.6 is 11.3 Å². The normalized spacial score (nSPS) is 9.60. The zero-order chi connectivity index (χ0) is 10.7. The smallest absolute Gasteiger partial charge is 0.187 e. The van der Waals surface area contributed by atoms with E-state index in [1.165, 1.54) is 0 Å². The van der Waals surface area contributed by atoms with Crippen LogP contribution in [0, 0.1) is 18.3 Å². The van der Waals surface area contributed by atoms with E-state index in [4.69, 9.17) is 5.26 Å². The van der Waals surface area contributed by atoms with Gasteiger partial charge in [0.05, 0.1) is 11.3 Å². The van der Waals surface area contributed by atoms with E-state index in [0.717, 1.165) is 15.7 Å². The highest BCUT2D eigenvalue weighted by Gasteiger charge is 2.03. The largest absolute Gasteiger partial charge is 0.330 e. The molecule has 0 radical (unpaired) electrons. The van der Waals surface area contributed by atoms with E-state index < -0.39 is 0 Å². The van der Waals surface area contributed by atoms with E-state index >= 15 is 0 Å². The third kappa shape index (κ3) is 2.14. The Morgan fingerprint density at radius 3 is 2.87 bits per heavy atom. The highest BCUT2D eigenvalue weighted by molar-refractivity contribution is 7.15. The minimum Gasteiger partial charge on any atom is -0.330 e. The summed E-state index contributed by atoms with van der Waals surface area (Å²) in [6.07, 6.45) is 1.81. The number of hydrogen-bond acceptors (Lipinski definition) is 4. The number of rotatable bonds is 2. The van der Waals surface area contributed by atoms with E-state index in [1.807, 2.05) is 31.3 Å². The Morgan fingerprint density at radius 1 is 1.40 bits per heavy atom. The van der Waals surface area contributed by atoms with Crippen LogP contribution < -0.4 is 5.32 Å². The van der Waals surface area contributed by atoms with Crippen molar-refractivity contribution >= 4 is 22.2 Å². The van der Waals surface area contributed by atoms with Gasteiger partial charge in [0.25, 0.3) is 0 Å². The van der Waals surface area contributed by atoms with Crippen molar-refractivity contribution in [1.29, 1.82) is 5.26 Å². The minimum atomic E-state index is 0.630. The van der Waals surface area contributed by atoms with Crippen LogP contribution in [-0.2, 0) is 0 Å². The predicted octanol–water partition coefficient (Wildman–Crippen LogP) is 3.07. The van der Waals surface area contributed by atoms with Crippen molar-refractivity contribution < 1.29 is 0 Å². The molecule has 0 fully saturated rings. The van der Waals surface area contributed by atoms with Gasteiger partial charge in [0.1, 0.15) is 6.07 Å². The van der Waals surface area contributed by atoms with E-state index in [0.29, 0.717) is 5.56 Å². The summed E-state index contributed by atoms with van der Waals surface area (Å²) < 4.78 is 0. The molecule has 0 atom stereocenters. The standard InChI is InChI=1S/C11H9N3S/c1-8-7-13-11(15-8)14-10-5-3-2-4-9(10)6-12/h2-5,7H,1H3,(H,13,14). The fourth-order valence-electron chi connectivity index (χ4n) is 1.22. The van der Waals surface area contributed by atoms with Gasteiger partial charge in [-0.25, -0.2) is 4.98 Å². The summed E-state index contributed by atoms with van der Waals surface area (Å²) in [5.74, 6) is 0. The predicted molar refractivity (Wildman–Crippen MR) is 61.3 cm³/mol. The SMILES string of the molecule is Cc1cnc(Nc2ccccc2C#N)s1. The summed E-state index contributed by atoms with van der Waals surface area (Å²) in [4.78, 5) is 5.33. The second-order valence-corrected chi connectivity index (χ2v) is 4.29. The summed E-state index contributed by atoms with van der Waals surface area (Å²) >= 11 is 1.57. The van der Waals surface area contributed by atoms with Crippen molar-refractivity contribution in [3.05, 3.63) is 40.9 Å². The number of aromatic nitrogens is 1. The number of nitriles is 1. The molecule has 0 aliphatic rings. The molecule has 0 bridgehead atoms. The number of benzene rings is 1. The van der Waals surface area contributed by atoms with Crippen molar-refractivity contribution in [2.24, 2.45) is 0 Å². The molecule has 0 aliphatic carbocycles. The van der Waals surface area contributed by atoms with Gasteiger partial charge in [0.15, 0.2) is 5.13 Å². The lowest BCUT2D eigenvalue weighted by atomic mass is 10.2. The second-order valence-electron chi connectivity index (χ2n) is 3.06. The number of thiazole rings is 1. The number of anilines is 2. The van der Waals surface area contributed by atoms with Crippen LogP contribution in [0.4, 0.5) is 10.8 Å². The molecule has 0 amide bonds. The number of para-hydroxylation sites is 1. The zero-order valence-corrected chi connectivity index (χ0v) is 9.01. The van der Waals surface area contributed by atoms with E-state index in [1.54, 1.807) is 17.4 Å². The summed E-state index contributed by atoms with van der Waals surface area (Å²) in [6.45, 7) is 2.00. The molecular weight excluding hydrogens is 206 g/mol. The highest BCUT2D eigenvalue weighted by Crippen LogP contribution is 2.23. The number of nitrogens with one attached hydrogen (secondary N) is 1. The summed E-state index contributed by atoms with van der Waals surface area (Å²) in [7, 11) is 0. The molecule has 1 heterocycles. The Hall–Kier alpha value is -1.86. The Morgan fingerprint density at radius 2 is 2.20 bits per heavy atom. The molecule has 1 N–H and O–H groups in total. The first-order valence-electron chi connectivity index (χ1n) is 4.48. The molecule has 0 unspecified atom stereocenters. The van der Waals surface area contributed by atoms with E-state index in [2.05, 4.69) is 16.4 Å². The van der Waals surface area contributed by atoms with Gasteiger partial charge in [-0.3, -0.25) is 0 Å². The average molecular weight is 215 g/mol. The first kappa shape index (κ1) is 9.69. The number of nitrogens with zero attached hydrogens (tertiary/aromatic N) is 2. The van der Waals surface area contributed by atoms with Gasteiger partial charge in [-0.1, -0.05) is 12.1 Å². The monoisotopic (exact) mass is 215 g/mol. The fraction of sp³-hybridized carbons (Fsp3) is 0.0909. The van der Waals surface area contributed by atoms with Crippen molar-refractivity contribution in [3.8, 4) is 6.07 Å². The summed E-state index contributed by atoms with van der Waals surface area (Å²) in [5.41, 5.74) is 1.43. The molecule has 3 nitrogen and oxygen atoms in total. The first-order valence-corrected chi connectivity index (χ1v) is 5.30. The van der Waals surface area contributed by atoms with Gasteiger partial charge in [-0.05, 0) is 19.1 Å². The van der Waals surface area contributed by atoms with Crippen LogP contribution in [0.3, 0.4) is 0 Å². The second kappa shape index (κ2) is 4.11. The van der Waals surface area contributed by atoms with Gasteiger partial charge in [-0.2, -0.15) is 5.26 Å². The molecule has 1 aromatic carbocycles. The molecular formula is C11H9N3S. The van der Waals surface area contributed by atoms with Gasteiger partial charge in [0.2, 0.25) is 0 Å². The maximum Gasteiger partial charge on any atom is 0.187 e. The quantitative estimate of drug-likeness (QED) is 0.837. The third-order valence-electron chi connectivity index (χ3n) is 1.91. The van der Waals surface area contributed by atoms with Crippen LogP contribution in [0.1, 0.15) is 10.4 Å². The fourth-order valence-corrected chi connectivity index (χ4v) is 1.89. The van der Waals surface area contributed by atoms with Gasteiger partial charge in [-0.15, -0.1) is 11.3 Å². The van der Waals surface area contributed by atoms with Gasteiger partial charge >= 0.3 is 0 Å². The van der Waals surface area contributed by atoms with Gasteiger partial charge in [0, 0.05) is 11.1 Å². The van der Waals surface area contributed by atoms with Crippen LogP contribution in [0.15, 0.2) is 30.5 Å². The zero-order valence-electron chi connectivity index (χ0n) is 8.19. The van der Waals surface area contributed by atoms with Crippen LogP contribution in [0.25, 0.3) is 0 Å². The maximum atomic E-state index is 8.89. The Bertz CT molecular complexity index is 511. The summed E-state index contributed by atoms with van der Waals surface area (Å²) in [6, 6.07) is 9.52. The molecule has 0 spiro atoms. The van der Waals surface area contributed by atoms with E-state index in [9.17, 15) is 0 Å². The van der Waals surface area contributed by atoms with Crippen LogP contribution in [0.2, 0.25) is 0 Å². The Balaban J connectivity index is 2.28. The minimum absolute atomic E-state index is 0.630. The lowest BCUT2D eigenvalue weighted by Gasteiger charge is -2.03. The Labute approximate surface area is 92.0 Å².